The minimum atomic E-state index is -0.495. The zero-order valence-corrected chi connectivity index (χ0v) is 9.07. The van der Waals surface area contributed by atoms with E-state index in [-0.39, 0.29) is 11.6 Å². The van der Waals surface area contributed by atoms with Crippen LogP contribution in [-0.4, -0.2) is 18.1 Å². The fourth-order valence-corrected chi connectivity index (χ4v) is 1.16. The van der Waals surface area contributed by atoms with Crippen molar-refractivity contribution in [1.82, 2.24) is 4.98 Å². The fourth-order valence-electron chi connectivity index (χ4n) is 1.16. The van der Waals surface area contributed by atoms with Crippen molar-refractivity contribution in [2.75, 3.05) is 7.11 Å². The molecule has 1 heterocycles. The molecule has 0 aliphatic rings. The SMILES string of the molecule is C#Cc1ccc(C(C)C)nc1C(=O)OC. The largest absolute Gasteiger partial charge is 0.464 e. The van der Waals surface area contributed by atoms with Crippen LogP contribution in [0.4, 0.5) is 0 Å². The third kappa shape index (κ3) is 2.35. The first-order valence-electron chi connectivity index (χ1n) is 4.66. The molecule has 0 aliphatic heterocycles. The molecule has 3 heteroatoms. The molecule has 0 aromatic carbocycles. The van der Waals surface area contributed by atoms with Crippen molar-refractivity contribution in [3.63, 3.8) is 0 Å². The van der Waals surface area contributed by atoms with Crippen molar-refractivity contribution < 1.29 is 9.53 Å². The Labute approximate surface area is 89.5 Å². The summed E-state index contributed by atoms with van der Waals surface area (Å²) in [5.74, 6) is 2.17. The average molecular weight is 203 g/mol. The van der Waals surface area contributed by atoms with Crippen LogP contribution in [-0.2, 0) is 4.74 Å². The lowest BCUT2D eigenvalue weighted by molar-refractivity contribution is 0.0593. The Morgan fingerprint density at radius 3 is 2.67 bits per heavy atom. The second-order valence-electron chi connectivity index (χ2n) is 3.42. The van der Waals surface area contributed by atoms with Gasteiger partial charge in [-0.1, -0.05) is 19.8 Å². The first-order chi connectivity index (χ1) is 7.10. The van der Waals surface area contributed by atoms with Gasteiger partial charge in [0, 0.05) is 5.69 Å². The van der Waals surface area contributed by atoms with Crippen molar-refractivity contribution in [1.29, 1.82) is 0 Å². The molecule has 0 saturated carbocycles. The molecule has 1 aromatic rings. The second kappa shape index (κ2) is 4.61. The Morgan fingerprint density at radius 1 is 1.53 bits per heavy atom. The van der Waals surface area contributed by atoms with Crippen molar-refractivity contribution >= 4 is 5.97 Å². The number of carbonyl (C=O) groups excluding carboxylic acids is 1. The number of pyridine rings is 1. The number of carbonyl (C=O) groups is 1. The lowest BCUT2D eigenvalue weighted by Gasteiger charge is -2.07. The second-order valence-corrected chi connectivity index (χ2v) is 3.42. The molecule has 1 aromatic heterocycles. The summed E-state index contributed by atoms with van der Waals surface area (Å²) in [6.45, 7) is 4.00. The van der Waals surface area contributed by atoms with Gasteiger partial charge in [0.05, 0.1) is 12.7 Å². The molecule has 0 fully saturated rings. The average Bonchev–Trinajstić information content (AvgIpc) is 2.27. The standard InChI is InChI=1S/C12H13NO2/c1-5-9-6-7-10(8(2)3)13-11(9)12(14)15-4/h1,6-8H,2-4H3. The van der Waals surface area contributed by atoms with E-state index in [2.05, 4.69) is 15.6 Å². The number of aromatic nitrogens is 1. The molecule has 78 valence electrons. The van der Waals surface area contributed by atoms with Crippen LogP contribution in [0.1, 0.15) is 41.5 Å². The topological polar surface area (TPSA) is 39.2 Å². The number of esters is 1. The Bertz CT molecular complexity index is 416. The molecule has 0 amide bonds. The number of terminal acetylenes is 1. The van der Waals surface area contributed by atoms with Crippen molar-refractivity contribution in [3.05, 3.63) is 29.1 Å². The molecule has 0 aliphatic carbocycles. The first kappa shape index (κ1) is 11.3. The van der Waals surface area contributed by atoms with Gasteiger partial charge in [0.1, 0.15) is 0 Å². The van der Waals surface area contributed by atoms with E-state index in [0.29, 0.717) is 5.56 Å². The highest BCUT2D eigenvalue weighted by atomic mass is 16.5. The number of ether oxygens (including phenoxy) is 1. The quantitative estimate of drug-likeness (QED) is 0.545. The minimum Gasteiger partial charge on any atom is -0.464 e. The Balaban J connectivity index is 3.27. The maximum absolute atomic E-state index is 11.4. The van der Waals surface area contributed by atoms with Crippen LogP contribution in [0, 0.1) is 12.3 Å². The predicted octanol–water partition coefficient (Wildman–Crippen LogP) is 1.97. The molecule has 15 heavy (non-hydrogen) atoms. The summed E-state index contributed by atoms with van der Waals surface area (Å²) in [6, 6.07) is 3.54. The predicted molar refractivity (Wildman–Crippen MR) is 57.6 cm³/mol. The van der Waals surface area contributed by atoms with Crippen molar-refractivity contribution in [2.24, 2.45) is 0 Å². The molecule has 0 N–H and O–H groups in total. The van der Waals surface area contributed by atoms with Gasteiger partial charge in [-0.05, 0) is 18.1 Å². The van der Waals surface area contributed by atoms with Gasteiger partial charge < -0.3 is 4.74 Å². The summed E-state index contributed by atoms with van der Waals surface area (Å²) in [4.78, 5) is 15.6. The van der Waals surface area contributed by atoms with Gasteiger partial charge in [-0.15, -0.1) is 6.42 Å². The lowest BCUT2D eigenvalue weighted by Crippen LogP contribution is -2.09. The van der Waals surface area contributed by atoms with Gasteiger partial charge in [0.2, 0.25) is 0 Å². The highest BCUT2D eigenvalue weighted by Gasteiger charge is 2.14. The molecule has 0 unspecified atom stereocenters. The molecule has 0 spiro atoms. The fraction of sp³-hybridized carbons (Fsp3) is 0.333. The number of methoxy groups -OCH3 is 1. The highest BCUT2D eigenvalue weighted by molar-refractivity contribution is 5.90. The van der Waals surface area contributed by atoms with E-state index in [4.69, 9.17) is 6.42 Å². The number of hydrogen-bond donors (Lipinski definition) is 0. The third-order valence-corrected chi connectivity index (χ3v) is 2.04. The Hall–Kier alpha value is -1.82. The summed E-state index contributed by atoms with van der Waals surface area (Å²) >= 11 is 0. The molecule has 0 atom stereocenters. The van der Waals surface area contributed by atoms with E-state index in [0.717, 1.165) is 5.69 Å². The molecular weight excluding hydrogens is 190 g/mol. The van der Waals surface area contributed by atoms with Crippen molar-refractivity contribution in [3.8, 4) is 12.3 Å². The van der Waals surface area contributed by atoms with Crippen molar-refractivity contribution in [2.45, 2.75) is 19.8 Å². The Kier molecular flexibility index (Phi) is 3.46. The summed E-state index contributed by atoms with van der Waals surface area (Å²) in [6.07, 6.45) is 5.27. The van der Waals surface area contributed by atoms with Crippen LogP contribution in [0.15, 0.2) is 12.1 Å². The van der Waals surface area contributed by atoms with Crippen LogP contribution >= 0.6 is 0 Å². The van der Waals surface area contributed by atoms with E-state index in [1.54, 1.807) is 6.07 Å². The molecule has 0 saturated heterocycles. The van der Waals surface area contributed by atoms with Gasteiger partial charge in [-0.2, -0.15) is 0 Å². The lowest BCUT2D eigenvalue weighted by atomic mass is 10.1. The van der Waals surface area contributed by atoms with Gasteiger partial charge in [-0.3, -0.25) is 0 Å². The smallest absolute Gasteiger partial charge is 0.357 e. The van der Waals surface area contributed by atoms with E-state index >= 15 is 0 Å². The highest BCUT2D eigenvalue weighted by Crippen LogP contribution is 2.15. The van der Waals surface area contributed by atoms with E-state index in [1.807, 2.05) is 19.9 Å². The molecule has 1 rings (SSSR count). The summed E-state index contributed by atoms with van der Waals surface area (Å²) in [5.41, 5.74) is 1.51. The van der Waals surface area contributed by atoms with Crippen LogP contribution < -0.4 is 0 Å². The van der Waals surface area contributed by atoms with Gasteiger partial charge in [0.15, 0.2) is 5.69 Å². The molecule has 0 radical (unpaired) electrons. The number of hydrogen-bond acceptors (Lipinski definition) is 3. The van der Waals surface area contributed by atoms with E-state index in [9.17, 15) is 4.79 Å². The summed E-state index contributed by atoms with van der Waals surface area (Å²) in [7, 11) is 1.31. The zero-order chi connectivity index (χ0) is 11.4. The summed E-state index contributed by atoms with van der Waals surface area (Å²) < 4.78 is 4.62. The minimum absolute atomic E-state index is 0.214. The number of nitrogens with zero attached hydrogens (tertiary/aromatic N) is 1. The molecular formula is C12H13NO2. The maximum atomic E-state index is 11.4. The normalized spacial score (nSPS) is 9.80. The summed E-state index contributed by atoms with van der Waals surface area (Å²) in [5, 5.41) is 0. The maximum Gasteiger partial charge on any atom is 0.357 e. The Morgan fingerprint density at radius 2 is 2.20 bits per heavy atom. The zero-order valence-electron chi connectivity index (χ0n) is 9.07. The first-order valence-corrected chi connectivity index (χ1v) is 4.66. The van der Waals surface area contributed by atoms with E-state index in [1.165, 1.54) is 7.11 Å². The molecule has 3 nitrogen and oxygen atoms in total. The van der Waals surface area contributed by atoms with Crippen LogP contribution in [0.25, 0.3) is 0 Å². The third-order valence-electron chi connectivity index (χ3n) is 2.04. The monoisotopic (exact) mass is 203 g/mol. The van der Waals surface area contributed by atoms with Gasteiger partial charge in [-0.25, -0.2) is 9.78 Å². The number of rotatable bonds is 2. The van der Waals surface area contributed by atoms with Gasteiger partial charge >= 0.3 is 5.97 Å². The van der Waals surface area contributed by atoms with Gasteiger partial charge in [0.25, 0.3) is 0 Å². The molecule has 0 bridgehead atoms. The van der Waals surface area contributed by atoms with Crippen LogP contribution in [0.2, 0.25) is 0 Å². The van der Waals surface area contributed by atoms with Crippen LogP contribution in [0.5, 0.6) is 0 Å². The van der Waals surface area contributed by atoms with Crippen LogP contribution in [0.3, 0.4) is 0 Å². The van der Waals surface area contributed by atoms with E-state index < -0.39 is 5.97 Å².